The van der Waals surface area contributed by atoms with Crippen LogP contribution < -0.4 is 0 Å². The van der Waals surface area contributed by atoms with Gasteiger partial charge in [-0.2, -0.15) is 0 Å². The molecule has 0 atom stereocenters. The van der Waals surface area contributed by atoms with Gasteiger partial charge in [0.25, 0.3) is 5.91 Å². The second-order valence-electron chi connectivity index (χ2n) is 5.21. The Morgan fingerprint density at radius 1 is 1.21 bits per heavy atom. The van der Waals surface area contributed by atoms with Gasteiger partial charge in [0.2, 0.25) is 0 Å². The number of carbonyl (C=O) groups is 2. The average molecular weight is 366 g/mol. The zero-order valence-electron chi connectivity index (χ0n) is 13.1. The maximum atomic E-state index is 12.4. The third-order valence-corrected chi connectivity index (χ3v) is 4.54. The number of carboxylic acid groups (broad SMARTS) is 1. The van der Waals surface area contributed by atoms with Crippen molar-refractivity contribution in [1.82, 2.24) is 15.1 Å². The zero-order valence-corrected chi connectivity index (χ0v) is 14.7. The number of nitrogens with zero attached hydrogens (tertiary/aromatic N) is 3. The number of aromatic nitrogens is 2. The van der Waals surface area contributed by atoms with Crippen LogP contribution in [0.15, 0.2) is 46.3 Å². The van der Waals surface area contributed by atoms with E-state index in [1.165, 1.54) is 22.7 Å². The van der Waals surface area contributed by atoms with Crippen molar-refractivity contribution in [3.63, 3.8) is 0 Å². The molecule has 0 fully saturated rings. The van der Waals surface area contributed by atoms with Gasteiger partial charge in [-0.15, -0.1) is 10.2 Å². The molecule has 1 heterocycles. The monoisotopic (exact) mass is 365 g/mol. The zero-order chi connectivity index (χ0) is 17.7. The molecule has 0 aliphatic carbocycles. The Balaban J connectivity index is 2.14. The molecule has 1 aromatic carbocycles. The van der Waals surface area contributed by atoms with Crippen LogP contribution >= 0.6 is 23.4 Å². The van der Waals surface area contributed by atoms with Crippen molar-refractivity contribution in [1.29, 1.82) is 0 Å². The van der Waals surface area contributed by atoms with Gasteiger partial charge in [-0.05, 0) is 38.1 Å². The van der Waals surface area contributed by atoms with E-state index in [-0.39, 0.29) is 18.3 Å². The minimum atomic E-state index is -1.07. The second kappa shape index (κ2) is 8.12. The summed E-state index contributed by atoms with van der Waals surface area (Å²) in [5.74, 6) is -1.54. The summed E-state index contributed by atoms with van der Waals surface area (Å²) in [5, 5.41) is 18.1. The summed E-state index contributed by atoms with van der Waals surface area (Å²) in [6.07, 6.45) is 0. The lowest BCUT2D eigenvalue weighted by atomic mass is 10.2. The second-order valence-corrected chi connectivity index (χ2v) is 6.68. The number of aliphatic carboxylic acids is 1. The Hall–Kier alpha value is -2.12. The minimum absolute atomic E-state index is 0.105. The highest BCUT2D eigenvalue weighted by molar-refractivity contribution is 7.99. The van der Waals surface area contributed by atoms with Gasteiger partial charge in [-0.25, -0.2) is 0 Å². The topological polar surface area (TPSA) is 83.4 Å². The summed E-state index contributed by atoms with van der Waals surface area (Å²) < 4.78 is 0. The van der Waals surface area contributed by atoms with Crippen molar-refractivity contribution >= 4 is 35.2 Å². The van der Waals surface area contributed by atoms with Crippen LogP contribution in [0, 0.1) is 0 Å². The SMILES string of the molecule is CC(C)N(CC(=O)O)C(=O)c1ccc(Sc2ccccc2Cl)nn1. The molecule has 1 amide bonds. The van der Waals surface area contributed by atoms with E-state index in [1.54, 1.807) is 26.0 Å². The highest BCUT2D eigenvalue weighted by Crippen LogP contribution is 2.31. The number of halogens is 1. The molecule has 126 valence electrons. The summed E-state index contributed by atoms with van der Waals surface area (Å²) in [7, 11) is 0. The lowest BCUT2D eigenvalue weighted by Crippen LogP contribution is -2.41. The third kappa shape index (κ3) is 4.69. The third-order valence-electron chi connectivity index (χ3n) is 3.10. The molecule has 0 saturated heterocycles. The van der Waals surface area contributed by atoms with Crippen LogP contribution in [0.1, 0.15) is 24.3 Å². The van der Waals surface area contributed by atoms with Crippen molar-refractivity contribution < 1.29 is 14.7 Å². The molecule has 0 aliphatic heterocycles. The number of hydrogen-bond donors (Lipinski definition) is 1. The normalized spacial score (nSPS) is 10.7. The van der Waals surface area contributed by atoms with E-state index in [0.29, 0.717) is 10.0 Å². The van der Waals surface area contributed by atoms with E-state index < -0.39 is 11.9 Å². The van der Waals surface area contributed by atoms with Crippen LogP contribution in [-0.2, 0) is 4.79 Å². The van der Waals surface area contributed by atoms with Crippen LogP contribution in [-0.4, -0.2) is 44.7 Å². The first-order valence-electron chi connectivity index (χ1n) is 7.17. The fraction of sp³-hybridized carbons (Fsp3) is 0.250. The molecule has 0 bridgehead atoms. The summed E-state index contributed by atoms with van der Waals surface area (Å²) in [6.45, 7) is 3.11. The molecule has 0 aliphatic rings. The maximum absolute atomic E-state index is 12.4. The smallest absolute Gasteiger partial charge is 0.323 e. The number of carboxylic acids is 1. The Morgan fingerprint density at radius 3 is 2.46 bits per heavy atom. The Kier molecular flexibility index (Phi) is 6.16. The highest BCUT2D eigenvalue weighted by Gasteiger charge is 2.22. The Morgan fingerprint density at radius 2 is 1.92 bits per heavy atom. The summed E-state index contributed by atoms with van der Waals surface area (Å²) in [4.78, 5) is 25.3. The van der Waals surface area contributed by atoms with Crippen LogP contribution in [0.5, 0.6) is 0 Å². The van der Waals surface area contributed by atoms with Gasteiger partial charge in [-0.3, -0.25) is 9.59 Å². The molecule has 6 nitrogen and oxygen atoms in total. The van der Waals surface area contributed by atoms with Gasteiger partial charge in [0.1, 0.15) is 11.6 Å². The van der Waals surface area contributed by atoms with Crippen molar-refractivity contribution in [2.45, 2.75) is 29.8 Å². The first kappa shape index (κ1) is 18.2. The molecule has 0 spiro atoms. The summed E-state index contributed by atoms with van der Waals surface area (Å²) in [6, 6.07) is 10.3. The van der Waals surface area contributed by atoms with Crippen LogP contribution in [0.4, 0.5) is 0 Å². The standard InChI is InChI=1S/C16H16ClN3O3S/c1-10(2)20(9-15(21)22)16(23)12-7-8-14(19-18-12)24-13-6-4-3-5-11(13)17/h3-8,10H,9H2,1-2H3,(H,21,22). The molecule has 24 heavy (non-hydrogen) atoms. The number of hydrogen-bond acceptors (Lipinski definition) is 5. The fourth-order valence-corrected chi connectivity index (χ4v) is 2.92. The number of benzene rings is 1. The van der Waals surface area contributed by atoms with E-state index in [4.69, 9.17) is 16.7 Å². The first-order chi connectivity index (χ1) is 11.4. The van der Waals surface area contributed by atoms with Crippen molar-refractivity contribution in [2.75, 3.05) is 6.54 Å². The predicted octanol–water partition coefficient (Wildman–Crippen LogP) is 3.22. The molecular weight excluding hydrogens is 350 g/mol. The lowest BCUT2D eigenvalue weighted by molar-refractivity contribution is -0.138. The molecule has 0 radical (unpaired) electrons. The Labute approximate surface area is 148 Å². The van der Waals surface area contributed by atoms with Crippen LogP contribution in [0.3, 0.4) is 0 Å². The van der Waals surface area contributed by atoms with Crippen molar-refractivity contribution in [2.24, 2.45) is 0 Å². The molecule has 1 aromatic heterocycles. The van der Waals surface area contributed by atoms with E-state index in [1.807, 2.05) is 18.2 Å². The van der Waals surface area contributed by atoms with E-state index in [9.17, 15) is 9.59 Å². The van der Waals surface area contributed by atoms with E-state index in [0.717, 1.165) is 4.90 Å². The van der Waals surface area contributed by atoms with Crippen LogP contribution in [0.25, 0.3) is 0 Å². The van der Waals surface area contributed by atoms with Crippen LogP contribution in [0.2, 0.25) is 5.02 Å². The van der Waals surface area contributed by atoms with Gasteiger partial charge < -0.3 is 10.0 Å². The molecular formula is C16H16ClN3O3S. The molecule has 0 unspecified atom stereocenters. The minimum Gasteiger partial charge on any atom is -0.480 e. The van der Waals surface area contributed by atoms with E-state index >= 15 is 0 Å². The van der Waals surface area contributed by atoms with E-state index in [2.05, 4.69) is 10.2 Å². The van der Waals surface area contributed by atoms with Gasteiger partial charge in [0.05, 0.1) is 5.02 Å². The van der Waals surface area contributed by atoms with Gasteiger partial charge in [0, 0.05) is 10.9 Å². The first-order valence-corrected chi connectivity index (χ1v) is 8.37. The number of amides is 1. The van der Waals surface area contributed by atoms with Gasteiger partial charge >= 0.3 is 5.97 Å². The molecule has 8 heteroatoms. The quantitative estimate of drug-likeness (QED) is 0.846. The average Bonchev–Trinajstić information content (AvgIpc) is 2.54. The summed E-state index contributed by atoms with van der Waals surface area (Å²) >= 11 is 7.43. The Bertz CT molecular complexity index is 738. The van der Waals surface area contributed by atoms with Gasteiger partial charge in [-0.1, -0.05) is 35.5 Å². The fourth-order valence-electron chi connectivity index (χ4n) is 1.91. The van der Waals surface area contributed by atoms with Crippen molar-refractivity contribution in [3.05, 3.63) is 47.1 Å². The highest BCUT2D eigenvalue weighted by atomic mass is 35.5. The largest absolute Gasteiger partial charge is 0.480 e. The molecule has 0 saturated carbocycles. The number of carbonyl (C=O) groups excluding carboxylic acids is 1. The maximum Gasteiger partial charge on any atom is 0.323 e. The number of rotatable bonds is 6. The molecule has 2 aromatic rings. The lowest BCUT2D eigenvalue weighted by Gasteiger charge is -2.24. The molecule has 2 rings (SSSR count). The van der Waals surface area contributed by atoms with Gasteiger partial charge in [0.15, 0.2) is 5.69 Å². The predicted molar refractivity (Wildman–Crippen MR) is 91.4 cm³/mol. The molecule has 1 N–H and O–H groups in total. The summed E-state index contributed by atoms with van der Waals surface area (Å²) in [5.41, 5.74) is 0.105. The van der Waals surface area contributed by atoms with Crippen molar-refractivity contribution in [3.8, 4) is 0 Å².